The Balaban J connectivity index is 2.78. The standard InChI is InChI=1S/C11H19BN2O4/c1-10(2,15)11(3,4)18-12(16)8-6-14-9(17-5)7-13-8/h6-7,15-16H,1-5H3. The second-order valence-corrected chi connectivity index (χ2v) is 5.02. The number of rotatable bonds is 5. The maximum atomic E-state index is 9.93. The molecule has 7 heteroatoms. The van der Waals surface area contributed by atoms with E-state index in [1.54, 1.807) is 27.7 Å². The molecule has 0 aliphatic rings. The maximum absolute atomic E-state index is 9.93. The molecule has 1 heterocycles. The van der Waals surface area contributed by atoms with Crippen LogP contribution in [0.4, 0.5) is 0 Å². The molecular formula is C11H19BN2O4. The van der Waals surface area contributed by atoms with Gasteiger partial charge in [0, 0.05) is 6.20 Å². The number of methoxy groups -OCH3 is 1. The molecule has 0 unspecified atom stereocenters. The number of nitrogens with zero attached hydrogens (tertiary/aromatic N) is 2. The van der Waals surface area contributed by atoms with Crippen molar-refractivity contribution in [2.45, 2.75) is 38.9 Å². The van der Waals surface area contributed by atoms with Gasteiger partial charge in [-0.1, -0.05) is 0 Å². The van der Waals surface area contributed by atoms with Crippen LogP contribution >= 0.6 is 0 Å². The number of aromatic nitrogens is 2. The topological polar surface area (TPSA) is 84.7 Å². The fourth-order valence-electron chi connectivity index (χ4n) is 1.04. The SMILES string of the molecule is COc1cnc(B(O)OC(C)(C)C(C)(C)O)cn1. The van der Waals surface area contributed by atoms with Gasteiger partial charge in [0.25, 0.3) is 0 Å². The third-order valence-corrected chi connectivity index (χ3v) is 2.99. The van der Waals surface area contributed by atoms with E-state index in [-0.39, 0.29) is 5.59 Å². The van der Waals surface area contributed by atoms with E-state index in [9.17, 15) is 10.1 Å². The summed E-state index contributed by atoms with van der Waals surface area (Å²) in [6.07, 6.45) is 2.75. The summed E-state index contributed by atoms with van der Waals surface area (Å²) in [5, 5.41) is 19.8. The molecule has 0 radical (unpaired) electrons. The van der Waals surface area contributed by atoms with Crippen LogP contribution in [0.25, 0.3) is 0 Å². The zero-order valence-electron chi connectivity index (χ0n) is 11.3. The molecule has 0 atom stereocenters. The smallest absolute Gasteiger partial charge is 0.480 e. The minimum Gasteiger partial charge on any atom is -0.480 e. The Labute approximate surface area is 107 Å². The Hall–Kier alpha value is -1.18. The first-order valence-corrected chi connectivity index (χ1v) is 5.61. The zero-order valence-corrected chi connectivity index (χ0v) is 11.3. The summed E-state index contributed by atoms with van der Waals surface area (Å²) in [5.74, 6) is 0.354. The lowest BCUT2D eigenvalue weighted by atomic mass is 9.80. The first-order chi connectivity index (χ1) is 8.17. The van der Waals surface area contributed by atoms with Gasteiger partial charge in [-0.15, -0.1) is 0 Å². The molecule has 0 bridgehead atoms. The van der Waals surface area contributed by atoms with E-state index in [4.69, 9.17) is 9.39 Å². The number of aliphatic hydroxyl groups is 1. The van der Waals surface area contributed by atoms with E-state index in [0.29, 0.717) is 5.88 Å². The van der Waals surface area contributed by atoms with Crippen molar-refractivity contribution in [3.05, 3.63) is 12.4 Å². The monoisotopic (exact) mass is 254 g/mol. The quantitative estimate of drug-likeness (QED) is 0.704. The fraction of sp³-hybridized carbons (Fsp3) is 0.636. The van der Waals surface area contributed by atoms with Gasteiger partial charge in [-0.3, -0.25) is 4.98 Å². The van der Waals surface area contributed by atoms with Crippen molar-refractivity contribution in [3.8, 4) is 5.88 Å². The van der Waals surface area contributed by atoms with E-state index in [1.807, 2.05) is 0 Å². The van der Waals surface area contributed by atoms with E-state index in [0.717, 1.165) is 0 Å². The van der Waals surface area contributed by atoms with Crippen LogP contribution in [0.3, 0.4) is 0 Å². The highest BCUT2D eigenvalue weighted by Crippen LogP contribution is 2.25. The minimum absolute atomic E-state index is 0.258. The second kappa shape index (κ2) is 5.21. The van der Waals surface area contributed by atoms with E-state index >= 15 is 0 Å². The van der Waals surface area contributed by atoms with Gasteiger partial charge in [-0.05, 0) is 27.7 Å². The van der Waals surface area contributed by atoms with Crippen LogP contribution < -0.4 is 10.3 Å². The largest absolute Gasteiger partial charge is 0.512 e. The highest BCUT2D eigenvalue weighted by atomic mass is 16.5. The van der Waals surface area contributed by atoms with Gasteiger partial charge in [0.05, 0.1) is 30.1 Å². The zero-order chi connectivity index (χ0) is 14.0. The van der Waals surface area contributed by atoms with Crippen molar-refractivity contribution in [2.75, 3.05) is 7.11 Å². The van der Waals surface area contributed by atoms with Crippen molar-refractivity contribution in [2.24, 2.45) is 0 Å². The summed E-state index contributed by atoms with van der Waals surface area (Å²) < 4.78 is 10.3. The Morgan fingerprint density at radius 2 is 1.78 bits per heavy atom. The molecule has 1 aromatic rings. The molecule has 100 valence electrons. The minimum atomic E-state index is -1.26. The van der Waals surface area contributed by atoms with Crippen LogP contribution in [-0.2, 0) is 4.65 Å². The molecule has 1 aromatic heterocycles. The molecule has 0 amide bonds. The van der Waals surface area contributed by atoms with E-state index in [2.05, 4.69) is 9.97 Å². The van der Waals surface area contributed by atoms with Crippen LogP contribution in [0.1, 0.15) is 27.7 Å². The average Bonchev–Trinajstić information content (AvgIpc) is 2.27. The molecule has 0 saturated heterocycles. The predicted molar refractivity (Wildman–Crippen MR) is 67.7 cm³/mol. The molecule has 0 saturated carbocycles. The van der Waals surface area contributed by atoms with Gasteiger partial charge < -0.3 is 19.5 Å². The van der Waals surface area contributed by atoms with E-state index < -0.39 is 18.3 Å². The molecule has 0 aliphatic heterocycles. The molecule has 2 N–H and O–H groups in total. The number of hydrogen-bond acceptors (Lipinski definition) is 6. The fourth-order valence-corrected chi connectivity index (χ4v) is 1.04. The van der Waals surface area contributed by atoms with Crippen molar-refractivity contribution >= 4 is 12.7 Å². The summed E-state index contributed by atoms with van der Waals surface area (Å²) >= 11 is 0. The van der Waals surface area contributed by atoms with Crippen LogP contribution in [0.5, 0.6) is 5.88 Å². The van der Waals surface area contributed by atoms with Gasteiger partial charge in [0.2, 0.25) is 5.88 Å². The summed E-state index contributed by atoms with van der Waals surface area (Å²) in [5.41, 5.74) is -1.78. The maximum Gasteiger partial charge on any atom is 0.512 e. The van der Waals surface area contributed by atoms with Gasteiger partial charge in [0.15, 0.2) is 0 Å². The molecule has 6 nitrogen and oxygen atoms in total. The van der Waals surface area contributed by atoms with Crippen LogP contribution in [0.2, 0.25) is 0 Å². The Kier molecular flexibility index (Phi) is 4.31. The first-order valence-electron chi connectivity index (χ1n) is 5.61. The van der Waals surface area contributed by atoms with Gasteiger partial charge in [0.1, 0.15) is 0 Å². The Bertz CT molecular complexity index is 389. The molecule has 0 aliphatic carbocycles. The van der Waals surface area contributed by atoms with Gasteiger partial charge >= 0.3 is 7.12 Å². The number of hydrogen-bond donors (Lipinski definition) is 2. The third-order valence-electron chi connectivity index (χ3n) is 2.99. The lowest BCUT2D eigenvalue weighted by molar-refractivity contribution is -0.0983. The Morgan fingerprint density at radius 1 is 1.17 bits per heavy atom. The molecule has 0 aromatic carbocycles. The summed E-state index contributed by atoms with van der Waals surface area (Å²) in [6, 6.07) is 0. The van der Waals surface area contributed by atoms with Crippen molar-refractivity contribution in [1.82, 2.24) is 9.97 Å². The normalized spacial score (nSPS) is 12.4. The summed E-state index contributed by atoms with van der Waals surface area (Å²) in [7, 11) is 0.221. The molecule has 0 fully saturated rings. The van der Waals surface area contributed by atoms with Crippen LogP contribution in [-0.4, -0.2) is 45.5 Å². The van der Waals surface area contributed by atoms with Crippen molar-refractivity contribution in [3.63, 3.8) is 0 Å². The predicted octanol–water partition coefficient (Wildman–Crippen LogP) is -0.261. The highest BCUT2D eigenvalue weighted by molar-refractivity contribution is 6.58. The lowest BCUT2D eigenvalue weighted by Crippen LogP contribution is -2.53. The molecule has 18 heavy (non-hydrogen) atoms. The van der Waals surface area contributed by atoms with Gasteiger partial charge in [-0.25, -0.2) is 4.98 Å². The molecule has 1 rings (SSSR count). The van der Waals surface area contributed by atoms with Crippen molar-refractivity contribution in [1.29, 1.82) is 0 Å². The second-order valence-electron chi connectivity index (χ2n) is 5.02. The summed E-state index contributed by atoms with van der Waals surface area (Å²) in [6.45, 7) is 6.60. The summed E-state index contributed by atoms with van der Waals surface area (Å²) in [4.78, 5) is 7.89. The average molecular weight is 254 g/mol. The molecule has 0 spiro atoms. The number of ether oxygens (including phenoxy) is 1. The van der Waals surface area contributed by atoms with E-state index in [1.165, 1.54) is 19.5 Å². The lowest BCUT2D eigenvalue weighted by Gasteiger charge is -2.38. The highest BCUT2D eigenvalue weighted by Gasteiger charge is 2.40. The van der Waals surface area contributed by atoms with Crippen LogP contribution in [0, 0.1) is 0 Å². The van der Waals surface area contributed by atoms with Crippen molar-refractivity contribution < 1.29 is 19.5 Å². The molecular weight excluding hydrogens is 235 g/mol. The first kappa shape index (κ1) is 14.9. The Morgan fingerprint density at radius 3 is 2.17 bits per heavy atom. The third kappa shape index (κ3) is 3.41. The van der Waals surface area contributed by atoms with Gasteiger partial charge in [-0.2, -0.15) is 0 Å². The van der Waals surface area contributed by atoms with Crippen LogP contribution in [0.15, 0.2) is 12.4 Å².